The Labute approximate surface area is 186 Å². The number of halogens is 1. The van der Waals surface area contributed by atoms with Crippen molar-refractivity contribution in [3.05, 3.63) is 79.9 Å². The predicted molar refractivity (Wildman–Crippen MR) is 127 cm³/mol. The van der Waals surface area contributed by atoms with Gasteiger partial charge in [-0.05, 0) is 63.4 Å². The topological polar surface area (TPSA) is 69.8 Å². The molecule has 0 spiro atoms. The third kappa shape index (κ3) is 4.33. The molecule has 0 saturated heterocycles. The SMILES string of the molecule is CCc1nc2c(F)cccc2n(CC)c1=O.CCc1nc2ccc(C)cc2n(CC)c1=O. The van der Waals surface area contributed by atoms with Gasteiger partial charge in [0.1, 0.15) is 16.9 Å². The highest BCUT2D eigenvalue weighted by Crippen LogP contribution is 2.15. The zero-order valence-corrected chi connectivity index (χ0v) is 19.3. The molecule has 4 rings (SSSR count). The van der Waals surface area contributed by atoms with E-state index < -0.39 is 0 Å². The summed E-state index contributed by atoms with van der Waals surface area (Å²) in [6.07, 6.45) is 1.20. The Balaban J connectivity index is 0.000000181. The van der Waals surface area contributed by atoms with Gasteiger partial charge in [0.05, 0.1) is 16.6 Å². The van der Waals surface area contributed by atoms with Crippen molar-refractivity contribution in [2.75, 3.05) is 0 Å². The average Bonchev–Trinajstić information content (AvgIpc) is 2.79. The molecule has 0 unspecified atom stereocenters. The summed E-state index contributed by atoms with van der Waals surface area (Å²) in [6, 6.07) is 10.7. The molecule has 168 valence electrons. The molecule has 0 atom stereocenters. The fraction of sp³-hybridized carbons (Fsp3) is 0.360. The average molecular weight is 437 g/mol. The van der Waals surface area contributed by atoms with Crippen LogP contribution in [-0.4, -0.2) is 19.1 Å². The standard InChI is InChI=1S/C13H16N2O.C12H13FN2O/c1-4-10-13(16)15(5-2)12-8-9(3)6-7-11(12)14-10;1-3-9-12(16)15(4-2)10-7-5-6-8(13)11(10)14-9/h6-8H,4-5H2,1-3H3;5-7H,3-4H2,1-2H3. The summed E-state index contributed by atoms with van der Waals surface area (Å²) in [5.41, 5.74) is 4.82. The second kappa shape index (κ2) is 9.85. The molecule has 7 heteroatoms. The van der Waals surface area contributed by atoms with Gasteiger partial charge in [-0.3, -0.25) is 9.59 Å². The van der Waals surface area contributed by atoms with E-state index >= 15 is 0 Å². The lowest BCUT2D eigenvalue weighted by Gasteiger charge is -2.09. The highest BCUT2D eigenvalue weighted by atomic mass is 19.1. The van der Waals surface area contributed by atoms with Gasteiger partial charge in [0.15, 0.2) is 5.82 Å². The highest BCUT2D eigenvalue weighted by Gasteiger charge is 2.11. The zero-order chi connectivity index (χ0) is 23.4. The van der Waals surface area contributed by atoms with Crippen molar-refractivity contribution < 1.29 is 4.39 Å². The molecule has 32 heavy (non-hydrogen) atoms. The number of para-hydroxylation sites is 1. The molecule has 0 fully saturated rings. The summed E-state index contributed by atoms with van der Waals surface area (Å²) in [4.78, 5) is 32.5. The lowest BCUT2D eigenvalue weighted by Crippen LogP contribution is -2.25. The Morgan fingerprint density at radius 3 is 2.00 bits per heavy atom. The molecule has 2 aromatic heterocycles. The number of aromatic nitrogens is 4. The molecule has 0 saturated carbocycles. The van der Waals surface area contributed by atoms with Crippen molar-refractivity contribution >= 4 is 22.1 Å². The van der Waals surface area contributed by atoms with E-state index in [1.54, 1.807) is 21.3 Å². The largest absolute Gasteiger partial charge is 0.305 e. The van der Waals surface area contributed by atoms with Gasteiger partial charge < -0.3 is 9.13 Å². The van der Waals surface area contributed by atoms with Gasteiger partial charge in [0.2, 0.25) is 0 Å². The Morgan fingerprint density at radius 1 is 0.812 bits per heavy atom. The minimum Gasteiger partial charge on any atom is -0.305 e. The van der Waals surface area contributed by atoms with Crippen LogP contribution >= 0.6 is 0 Å². The monoisotopic (exact) mass is 436 g/mol. The second-order valence-corrected chi connectivity index (χ2v) is 7.52. The summed E-state index contributed by atoms with van der Waals surface area (Å²) < 4.78 is 16.9. The zero-order valence-electron chi connectivity index (χ0n) is 19.3. The summed E-state index contributed by atoms with van der Waals surface area (Å²) >= 11 is 0. The second-order valence-electron chi connectivity index (χ2n) is 7.52. The summed E-state index contributed by atoms with van der Waals surface area (Å²) in [5.74, 6) is -0.380. The van der Waals surface area contributed by atoms with Gasteiger partial charge in [-0.1, -0.05) is 26.0 Å². The number of aryl methyl sites for hydroxylation is 5. The normalized spacial score (nSPS) is 10.9. The Morgan fingerprint density at radius 2 is 1.41 bits per heavy atom. The lowest BCUT2D eigenvalue weighted by molar-refractivity contribution is 0.632. The number of fused-ring (bicyclic) bond motifs is 2. The maximum atomic E-state index is 13.6. The van der Waals surface area contributed by atoms with Crippen LogP contribution in [-0.2, 0) is 25.9 Å². The van der Waals surface area contributed by atoms with E-state index in [1.165, 1.54) is 6.07 Å². The highest BCUT2D eigenvalue weighted by molar-refractivity contribution is 5.76. The van der Waals surface area contributed by atoms with Crippen molar-refractivity contribution in [1.82, 2.24) is 19.1 Å². The first kappa shape index (κ1) is 23.3. The predicted octanol–water partition coefficient (Wildman–Crippen LogP) is 4.41. The Bertz CT molecular complexity index is 1370. The third-order valence-electron chi connectivity index (χ3n) is 5.47. The smallest absolute Gasteiger partial charge is 0.272 e. The summed E-state index contributed by atoms with van der Waals surface area (Å²) in [5, 5.41) is 0. The van der Waals surface area contributed by atoms with Crippen LogP contribution < -0.4 is 11.1 Å². The number of benzene rings is 2. The molecule has 0 aliphatic heterocycles. The van der Waals surface area contributed by atoms with Gasteiger partial charge in [-0.15, -0.1) is 0 Å². The van der Waals surface area contributed by atoms with E-state index in [1.807, 2.05) is 52.8 Å². The minimum atomic E-state index is -0.380. The Kier molecular flexibility index (Phi) is 7.18. The number of hydrogen-bond acceptors (Lipinski definition) is 4. The molecule has 2 aromatic carbocycles. The lowest BCUT2D eigenvalue weighted by atomic mass is 10.2. The van der Waals surface area contributed by atoms with Gasteiger partial charge in [0.25, 0.3) is 11.1 Å². The molecule has 2 heterocycles. The molecular weight excluding hydrogens is 407 g/mol. The van der Waals surface area contributed by atoms with E-state index in [0.29, 0.717) is 42.8 Å². The number of rotatable bonds is 4. The molecule has 0 amide bonds. The molecule has 0 N–H and O–H groups in total. The quantitative estimate of drug-likeness (QED) is 0.475. The molecule has 0 aliphatic rings. The molecule has 0 bridgehead atoms. The minimum absolute atomic E-state index is 0.0445. The van der Waals surface area contributed by atoms with Crippen LogP contribution in [0.1, 0.15) is 44.6 Å². The van der Waals surface area contributed by atoms with Gasteiger partial charge in [-0.25, -0.2) is 14.4 Å². The fourth-order valence-corrected chi connectivity index (χ4v) is 3.77. The van der Waals surface area contributed by atoms with Crippen LogP contribution in [0.5, 0.6) is 0 Å². The van der Waals surface area contributed by atoms with Crippen molar-refractivity contribution in [2.45, 2.75) is 60.5 Å². The Hall–Kier alpha value is -3.35. The van der Waals surface area contributed by atoms with Crippen molar-refractivity contribution in [3.8, 4) is 0 Å². The molecular formula is C25H29FN4O2. The first-order chi connectivity index (χ1) is 15.4. The van der Waals surface area contributed by atoms with Gasteiger partial charge in [-0.2, -0.15) is 0 Å². The van der Waals surface area contributed by atoms with Crippen molar-refractivity contribution in [1.29, 1.82) is 0 Å². The van der Waals surface area contributed by atoms with Crippen LogP contribution in [0.15, 0.2) is 46.0 Å². The van der Waals surface area contributed by atoms with Crippen molar-refractivity contribution in [2.24, 2.45) is 0 Å². The fourth-order valence-electron chi connectivity index (χ4n) is 3.77. The van der Waals surface area contributed by atoms with Crippen LogP contribution in [0.2, 0.25) is 0 Å². The van der Waals surface area contributed by atoms with E-state index in [0.717, 1.165) is 16.6 Å². The van der Waals surface area contributed by atoms with Crippen molar-refractivity contribution in [3.63, 3.8) is 0 Å². The van der Waals surface area contributed by atoms with E-state index in [9.17, 15) is 14.0 Å². The van der Waals surface area contributed by atoms with Gasteiger partial charge in [0, 0.05) is 13.1 Å². The number of hydrogen-bond donors (Lipinski definition) is 0. The van der Waals surface area contributed by atoms with Crippen LogP contribution in [0.25, 0.3) is 22.1 Å². The van der Waals surface area contributed by atoms with Crippen LogP contribution in [0.3, 0.4) is 0 Å². The first-order valence-electron chi connectivity index (χ1n) is 11.0. The van der Waals surface area contributed by atoms with E-state index in [2.05, 4.69) is 9.97 Å². The number of nitrogens with zero attached hydrogens (tertiary/aromatic N) is 4. The summed E-state index contributed by atoms with van der Waals surface area (Å²) in [6.45, 7) is 10.9. The third-order valence-corrected chi connectivity index (χ3v) is 5.47. The van der Waals surface area contributed by atoms with Crippen LogP contribution in [0, 0.1) is 12.7 Å². The van der Waals surface area contributed by atoms with E-state index in [4.69, 9.17) is 0 Å². The molecule has 6 nitrogen and oxygen atoms in total. The summed E-state index contributed by atoms with van der Waals surface area (Å²) in [7, 11) is 0. The maximum absolute atomic E-state index is 13.6. The maximum Gasteiger partial charge on any atom is 0.272 e. The van der Waals surface area contributed by atoms with Gasteiger partial charge >= 0.3 is 0 Å². The molecule has 4 aromatic rings. The first-order valence-corrected chi connectivity index (χ1v) is 11.0. The molecule has 0 radical (unpaired) electrons. The van der Waals surface area contributed by atoms with Crippen LogP contribution in [0.4, 0.5) is 4.39 Å². The molecule has 0 aliphatic carbocycles. The van der Waals surface area contributed by atoms with E-state index in [-0.39, 0.29) is 22.5 Å².